The zero-order chi connectivity index (χ0) is 30.2. The van der Waals surface area contributed by atoms with Crippen LogP contribution in [0.3, 0.4) is 0 Å². The van der Waals surface area contributed by atoms with Gasteiger partial charge in [0.1, 0.15) is 6.67 Å². The second-order valence-electron chi connectivity index (χ2n) is 10.8. The first kappa shape index (κ1) is 30.2. The Bertz CT molecular complexity index is 1340. The van der Waals surface area contributed by atoms with E-state index in [0.29, 0.717) is 34.8 Å². The highest BCUT2D eigenvalue weighted by Gasteiger charge is 2.67. The van der Waals surface area contributed by atoms with Gasteiger partial charge in [0.05, 0.1) is 61.0 Å². The fourth-order valence-corrected chi connectivity index (χ4v) is 7.91. The lowest BCUT2D eigenvalue weighted by molar-refractivity contribution is -0.175. The maximum Gasteiger partial charge on any atom is 0.312 e. The van der Waals surface area contributed by atoms with Gasteiger partial charge in [-0.1, -0.05) is 19.1 Å². The second-order valence-corrected chi connectivity index (χ2v) is 11.8. The predicted molar refractivity (Wildman–Crippen MR) is 147 cm³/mol. The molecule has 1 aromatic carbocycles. The van der Waals surface area contributed by atoms with Crippen molar-refractivity contribution in [1.29, 1.82) is 0 Å². The van der Waals surface area contributed by atoms with Crippen LogP contribution >= 0.6 is 11.3 Å². The molecule has 226 valence electrons. The van der Waals surface area contributed by atoms with Crippen molar-refractivity contribution in [3.8, 4) is 0 Å². The number of alkyl halides is 1. The van der Waals surface area contributed by atoms with Crippen LogP contribution in [0.5, 0.6) is 0 Å². The molecule has 3 N–H and O–H groups in total. The molecule has 13 heteroatoms. The molecule has 4 heterocycles. The quantitative estimate of drug-likeness (QED) is 0.258. The van der Waals surface area contributed by atoms with E-state index in [4.69, 9.17) is 14.2 Å². The summed E-state index contributed by atoms with van der Waals surface area (Å²) in [6.45, 7) is 2.22. The molecule has 2 amide bonds. The molecule has 0 saturated carbocycles. The average Bonchev–Trinajstić information content (AvgIpc) is 3.72. The Hall–Kier alpha value is -3.23. The normalized spacial score (nSPS) is 29.7. The number of carbonyl (C=O) groups excluding carboxylic acids is 2. The molecule has 5 atom stereocenters. The maximum atomic E-state index is 14.6. The number of ether oxygens (including phenoxy) is 3. The Balaban J connectivity index is 1.45. The molecule has 0 aliphatic carbocycles. The number of amides is 2. The Kier molecular flexibility index (Phi) is 8.50. The summed E-state index contributed by atoms with van der Waals surface area (Å²) in [5.41, 5.74) is -2.48. The second kappa shape index (κ2) is 11.8. The van der Waals surface area contributed by atoms with Crippen LogP contribution in [0, 0.1) is 10.8 Å². The van der Waals surface area contributed by atoms with Gasteiger partial charge in [0.15, 0.2) is 6.29 Å². The van der Waals surface area contributed by atoms with Crippen LogP contribution in [0.4, 0.5) is 4.39 Å². The molecule has 5 unspecified atom stereocenters. The Morgan fingerprint density at radius 2 is 1.74 bits per heavy atom. The smallest absolute Gasteiger partial charge is 0.312 e. The summed E-state index contributed by atoms with van der Waals surface area (Å²) in [5, 5.41) is 26.0. The fraction of sp³-hybridized carbons (Fsp3) is 0.517. The van der Waals surface area contributed by atoms with Crippen molar-refractivity contribution >= 4 is 35.1 Å². The molecule has 2 fully saturated rings. The van der Waals surface area contributed by atoms with E-state index < -0.39 is 65.5 Å². The number of thiophene rings is 1. The fourth-order valence-electron chi connectivity index (χ4n) is 6.65. The van der Waals surface area contributed by atoms with Crippen molar-refractivity contribution < 1.29 is 48.0 Å². The number of hydrogen-bond donors (Lipinski definition) is 3. The van der Waals surface area contributed by atoms with Gasteiger partial charge in [0.2, 0.25) is 0 Å². The lowest BCUT2D eigenvalue weighted by Gasteiger charge is -2.56. The number of rotatable bonds is 11. The minimum Gasteiger partial charge on any atom is -0.481 e. The van der Waals surface area contributed by atoms with Crippen LogP contribution in [0.1, 0.15) is 63.6 Å². The highest BCUT2D eigenvalue weighted by Crippen LogP contribution is 2.59. The first-order valence-electron chi connectivity index (χ1n) is 13.7. The molecule has 0 radical (unpaired) electrons. The van der Waals surface area contributed by atoms with Crippen molar-refractivity contribution in [2.24, 2.45) is 10.8 Å². The Morgan fingerprint density at radius 1 is 1.10 bits per heavy atom. The lowest BCUT2D eigenvalue weighted by Crippen LogP contribution is -2.71. The predicted octanol–water partition coefficient (Wildman–Crippen LogP) is 3.07. The molecular weight excluding hydrogens is 571 g/mol. The molecule has 2 aromatic rings. The van der Waals surface area contributed by atoms with Gasteiger partial charge in [-0.3, -0.25) is 24.1 Å². The van der Waals surface area contributed by atoms with E-state index in [-0.39, 0.29) is 26.2 Å². The summed E-state index contributed by atoms with van der Waals surface area (Å²) in [7, 11) is 0. The first-order chi connectivity index (χ1) is 20.1. The van der Waals surface area contributed by atoms with Crippen LogP contribution in [-0.4, -0.2) is 90.6 Å². The van der Waals surface area contributed by atoms with Crippen molar-refractivity contribution in [2.45, 2.75) is 44.6 Å². The number of carboxylic acids is 2. The summed E-state index contributed by atoms with van der Waals surface area (Å²) in [6, 6.07) is 5.94. The minimum atomic E-state index is -1.86. The third-order valence-electron chi connectivity index (χ3n) is 8.95. The highest BCUT2D eigenvalue weighted by atomic mass is 32.1. The van der Waals surface area contributed by atoms with E-state index in [1.165, 1.54) is 18.3 Å². The summed E-state index contributed by atoms with van der Waals surface area (Å²) in [4.78, 5) is 53.2. The lowest BCUT2D eigenvalue weighted by atomic mass is 9.52. The zero-order valence-electron chi connectivity index (χ0n) is 23.2. The first-order valence-corrected chi connectivity index (χ1v) is 14.6. The van der Waals surface area contributed by atoms with Crippen molar-refractivity contribution in [1.82, 2.24) is 10.2 Å². The Morgan fingerprint density at radius 3 is 2.29 bits per heavy atom. The molecule has 3 aliphatic heterocycles. The molecule has 0 spiro atoms. The standard InChI is InChI=1S/C29H33FN2O9S/c1-3-29(27(37)38)20(15-39-10-9-32-23(33)16-6-4-5-7-17(16)24(32)34)31-19(14-30)28(2,26(35)36)22(29)21-18(8-13-42-21)25-40-11-12-41-25/h4-8,13,19-20,22,25,31H,3,9-12,14-15H2,1-2H3,(H,35,36)(H,37,38). The summed E-state index contributed by atoms with van der Waals surface area (Å²) >= 11 is 1.19. The van der Waals surface area contributed by atoms with E-state index in [1.54, 1.807) is 42.6 Å². The number of hydrogen-bond acceptors (Lipinski definition) is 9. The third kappa shape index (κ3) is 4.63. The van der Waals surface area contributed by atoms with E-state index in [2.05, 4.69) is 5.32 Å². The summed E-state index contributed by atoms with van der Waals surface area (Å²) < 4.78 is 31.9. The number of halogens is 1. The van der Waals surface area contributed by atoms with Gasteiger partial charge in [-0.2, -0.15) is 0 Å². The monoisotopic (exact) mass is 604 g/mol. The molecule has 2 saturated heterocycles. The summed E-state index contributed by atoms with van der Waals surface area (Å²) in [6.07, 6.45) is -0.793. The third-order valence-corrected chi connectivity index (χ3v) is 9.95. The summed E-state index contributed by atoms with van der Waals surface area (Å²) in [5.74, 6) is -4.66. The number of piperidine rings is 1. The van der Waals surface area contributed by atoms with Crippen molar-refractivity contribution in [3.05, 3.63) is 57.3 Å². The minimum absolute atomic E-state index is 0.00195. The van der Waals surface area contributed by atoms with E-state index in [0.717, 1.165) is 4.90 Å². The van der Waals surface area contributed by atoms with Gasteiger partial charge in [0, 0.05) is 22.4 Å². The van der Waals surface area contributed by atoms with Gasteiger partial charge < -0.3 is 29.7 Å². The maximum absolute atomic E-state index is 14.6. The number of nitrogens with one attached hydrogen (secondary N) is 1. The van der Waals surface area contributed by atoms with Gasteiger partial charge in [0.25, 0.3) is 11.8 Å². The number of imide groups is 1. The average molecular weight is 605 g/mol. The number of nitrogens with zero attached hydrogens (tertiary/aromatic N) is 1. The number of fused-ring (bicyclic) bond motifs is 1. The number of carbonyl (C=O) groups is 4. The molecule has 0 bridgehead atoms. The van der Waals surface area contributed by atoms with Gasteiger partial charge in [-0.15, -0.1) is 11.3 Å². The molecule has 11 nitrogen and oxygen atoms in total. The van der Waals surface area contributed by atoms with Crippen LogP contribution in [0.25, 0.3) is 0 Å². The molecule has 3 aliphatic rings. The molecule has 5 rings (SSSR count). The topological polar surface area (TPSA) is 152 Å². The van der Waals surface area contributed by atoms with Gasteiger partial charge in [-0.05, 0) is 36.9 Å². The van der Waals surface area contributed by atoms with Crippen LogP contribution in [0.2, 0.25) is 0 Å². The van der Waals surface area contributed by atoms with Crippen molar-refractivity contribution in [3.63, 3.8) is 0 Å². The number of benzene rings is 1. The number of aliphatic carboxylic acids is 2. The van der Waals surface area contributed by atoms with Crippen LogP contribution in [0.15, 0.2) is 35.7 Å². The van der Waals surface area contributed by atoms with Gasteiger partial charge in [-0.25, -0.2) is 4.39 Å². The van der Waals surface area contributed by atoms with Gasteiger partial charge >= 0.3 is 11.9 Å². The largest absolute Gasteiger partial charge is 0.481 e. The molecule has 42 heavy (non-hydrogen) atoms. The molecular formula is C29H33FN2O9S. The SMILES string of the molecule is CCC1(C(=O)O)C(COCCN2C(=O)c3ccccc3C2=O)NC(CF)C(C)(C(=O)O)C1c1sccc1C1OCCO1. The van der Waals surface area contributed by atoms with E-state index in [1.807, 2.05) is 0 Å². The molecule has 1 aromatic heterocycles. The Labute approximate surface area is 245 Å². The zero-order valence-corrected chi connectivity index (χ0v) is 24.0. The van der Waals surface area contributed by atoms with E-state index in [9.17, 15) is 33.8 Å². The van der Waals surface area contributed by atoms with Crippen molar-refractivity contribution in [2.75, 3.05) is 39.6 Å². The highest BCUT2D eigenvalue weighted by molar-refractivity contribution is 7.10. The van der Waals surface area contributed by atoms with E-state index >= 15 is 0 Å². The van der Waals surface area contributed by atoms with Crippen LogP contribution < -0.4 is 5.32 Å². The van der Waals surface area contributed by atoms with Crippen LogP contribution in [-0.2, 0) is 23.8 Å². The number of carboxylic acid groups (broad SMARTS) is 2.